The normalized spacial score (nSPS) is 19.7. The van der Waals surface area contributed by atoms with E-state index in [9.17, 15) is 18.0 Å². The van der Waals surface area contributed by atoms with Crippen LogP contribution in [0.3, 0.4) is 0 Å². The molecule has 0 radical (unpaired) electrons. The van der Waals surface area contributed by atoms with Crippen LogP contribution in [0.15, 0.2) is 24.3 Å². The third kappa shape index (κ3) is 5.69. The molecule has 1 heterocycles. The number of likely N-dealkylation sites (N-methyl/N-ethyl adjacent to an activating group) is 2. The number of quaternary nitrogens is 1. The van der Waals surface area contributed by atoms with Crippen LogP contribution < -0.4 is 10.2 Å². The maximum atomic E-state index is 12.5. The van der Waals surface area contributed by atoms with E-state index in [1.165, 1.54) is 0 Å². The third-order valence-electron chi connectivity index (χ3n) is 4.37. The molecule has 2 amide bonds. The summed E-state index contributed by atoms with van der Waals surface area (Å²) in [7, 11) is -1.29. The Morgan fingerprint density at radius 1 is 1.31 bits per heavy atom. The van der Waals surface area contributed by atoms with Crippen LogP contribution in [0.25, 0.3) is 0 Å². The molecule has 2 rings (SSSR count). The van der Waals surface area contributed by atoms with Gasteiger partial charge in [-0.1, -0.05) is 23.7 Å². The van der Waals surface area contributed by atoms with Gasteiger partial charge in [-0.05, 0) is 25.5 Å². The second-order valence-corrected chi connectivity index (χ2v) is 9.21. The van der Waals surface area contributed by atoms with Gasteiger partial charge >= 0.3 is 0 Å². The molecular formula is C17H25ClN3O4S+. The fourth-order valence-corrected chi connectivity index (χ4v) is 5.03. The Labute approximate surface area is 159 Å². The Morgan fingerprint density at radius 3 is 2.58 bits per heavy atom. The summed E-state index contributed by atoms with van der Waals surface area (Å²) in [4.78, 5) is 27.0. The minimum atomic E-state index is -3.05. The molecule has 0 aromatic heterocycles. The van der Waals surface area contributed by atoms with Gasteiger partial charge in [0, 0.05) is 12.6 Å². The number of amides is 2. The molecule has 144 valence electrons. The van der Waals surface area contributed by atoms with E-state index < -0.39 is 9.84 Å². The zero-order valence-corrected chi connectivity index (χ0v) is 16.6. The minimum Gasteiger partial charge on any atom is -0.334 e. The monoisotopic (exact) mass is 402 g/mol. The Balaban J connectivity index is 1.87. The number of rotatable bonds is 7. The quantitative estimate of drug-likeness (QED) is 0.662. The summed E-state index contributed by atoms with van der Waals surface area (Å²) in [5.74, 6) is -0.226. The fraction of sp³-hybridized carbons (Fsp3) is 0.529. The van der Waals surface area contributed by atoms with Gasteiger partial charge in [-0.15, -0.1) is 0 Å². The lowest BCUT2D eigenvalue weighted by atomic mass is 10.2. The van der Waals surface area contributed by atoms with Crippen molar-refractivity contribution in [1.82, 2.24) is 4.90 Å². The molecule has 1 aliphatic heterocycles. The average Bonchev–Trinajstić information content (AvgIpc) is 2.89. The second kappa shape index (κ2) is 8.83. The zero-order valence-electron chi connectivity index (χ0n) is 15.0. The molecule has 26 heavy (non-hydrogen) atoms. The van der Waals surface area contributed by atoms with Gasteiger partial charge in [0.05, 0.1) is 29.3 Å². The maximum Gasteiger partial charge on any atom is 0.279 e. The van der Waals surface area contributed by atoms with Gasteiger partial charge in [-0.25, -0.2) is 8.42 Å². The highest BCUT2D eigenvalue weighted by atomic mass is 35.5. The maximum absolute atomic E-state index is 12.5. The number of halogens is 1. The lowest BCUT2D eigenvalue weighted by Gasteiger charge is -2.27. The van der Waals surface area contributed by atoms with E-state index in [1.54, 1.807) is 36.2 Å². The van der Waals surface area contributed by atoms with Crippen LogP contribution in [-0.2, 0) is 19.4 Å². The molecule has 9 heteroatoms. The molecule has 1 unspecified atom stereocenters. The lowest BCUT2D eigenvalue weighted by Crippen LogP contribution is -3.11. The number of para-hydroxylation sites is 1. The molecule has 1 aromatic rings. The standard InChI is InChI=1S/C17H24ClN3O4S/c1-3-21(13-8-9-26(24,25)12-13)17(23)11-20(2)10-16(22)19-15-7-5-4-6-14(15)18/h4-7,13H,3,8-12H2,1-2H3,(H,19,22)/p+1/t13-/m0/s1. The van der Waals surface area contributed by atoms with Crippen molar-refractivity contribution in [3.05, 3.63) is 29.3 Å². The summed E-state index contributed by atoms with van der Waals surface area (Å²) >= 11 is 6.01. The summed E-state index contributed by atoms with van der Waals surface area (Å²) in [6.45, 7) is 2.53. The van der Waals surface area contributed by atoms with Crippen molar-refractivity contribution in [1.29, 1.82) is 0 Å². The second-order valence-electron chi connectivity index (χ2n) is 6.58. The molecule has 1 aliphatic rings. The van der Waals surface area contributed by atoms with Crippen molar-refractivity contribution in [3.8, 4) is 0 Å². The van der Waals surface area contributed by atoms with Crippen LogP contribution in [0.5, 0.6) is 0 Å². The number of hydrogen-bond donors (Lipinski definition) is 2. The largest absolute Gasteiger partial charge is 0.334 e. The summed E-state index contributed by atoms with van der Waals surface area (Å²) in [6, 6.07) is 6.68. The van der Waals surface area contributed by atoms with Crippen molar-refractivity contribution < 1.29 is 22.9 Å². The van der Waals surface area contributed by atoms with Crippen LogP contribution in [-0.4, -0.2) is 69.4 Å². The Bertz CT molecular complexity index is 769. The topological polar surface area (TPSA) is 88.0 Å². The van der Waals surface area contributed by atoms with Crippen molar-refractivity contribution in [3.63, 3.8) is 0 Å². The molecular weight excluding hydrogens is 378 g/mol. The van der Waals surface area contributed by atoms with Gasteiger partial charge in [0.2, 0.25) is 0 Å². The first-order chi connectivity index (χ1) is 12.2. The van der Waals surface area contributed by atoms with E-state index in [2.05, 4.69) is 5.32 Å². The number of carbonyl (C=O) groups excluding carboxylic acids is 2. The number of anilines is 1. The molecule has 1 aromatic carbocycles. The highest BCUT2D eigenvalue weighted by molar-refractivity contribution is 7.91. The number of nitrogens with one attached hydrogen (secondary N) is 2. The molecule has 0 saturated carbocycles. The first-order valence-corrected chi connectivity index (χ1v) is 10.8. The van der Waals surface area contributed by atoms with Crippen molar-refractivity contribution >= 4 is 38.9 Å². The molecule has 7 nitrogen and oxygen atoms in total. The first-order valence-electron chi connectivity index (χ1n) is 8.57. The van der Waals surface area contributed by atoms with Gasteiger partial charge in [-0.2, -0.15) is 0 Å². The Kier molecular flexibility index (Phi) is 7.02. The predicted molar refractivity (Wildman–Crippen MR) is 101 cm³/mol. The SMILES string of the molecule is CCN(C(=O)C[NH+](C)CC(=O)Nc1ccccc1Cl)[C@H]1CCS(=O)(=O)C1. The van der Waals surface area contributed by atoms with Gasteiger partial charge in [-0.3, -0.25) is 9.59 Å². The van der Waals surface area contributed by atoms with Crippen LogP contribution in [0, 0.1) is 0 Å². The Hall–Kier alpha value is -1.64. The van der Waals surface area contributed by atoms with Crippen LogP contribution in [0.4, 0.5) is 5.69 Å². The first kappa shape index (κ1) is 20.7. The molecule has 0 aliphatic carbocycles. The summed E-state index contributed by atoms with van der Waals surface area (Å²) in [5.41, 5.74) is 0.532. The third-order valence-corrected chi connectivity index (χ3v) is 6.45. The molecule has 2 atom stereocenters. The highest BCUT2D eigenvalue weighted by Crippen LogP contribution is 2.20. The number of hydrogen-bond acceptors (Lipinski definition) is 4. The highest BCUT2D eigenvalue weighted by Gasteiger charge is 2.34. The van der Waals surface area contributed by atoms with Crippen molar-refractivity contribution in [2.24, 2.45) is 0 Å². The molecule has 1 saturated heterocycles. The van der Waals surface area contributed by atoms with E-state index in [-0.39, 0.29) is 42.5 Å². The van der Waals surface area contributed by atoms with Gasteiger partial charge < -0.3 is 15.1 Å². The van der Waals surface area contributed by atoms with Crippen molar-refractivity contribution in [2.75, 3.05) is 43.5 Å². The van der Waals surface area contributed by atoms with Gasteiger partial charge in [0.1, 0.15) is 0 Å². The fourth-order valence-electron chi connectivity index (χ4n) is 3.11. The molecule has 2 N–H and O–H groups in total. The minimum absolute atomic E-state index is 0.0264. The van der Waals surface area contributed by atoms with Crippen LogP contribution in [0.1, 0.15) is 13.3 Å². The molecule has 0 spiro atoms. The summed E-state index contributed by atoms with van der Waals surface area (Å²) in [6.07, 6.45) is 0.480. The number of nitrogens with zero attached hydrogens (tertiary/aromatic N) is 1. The summed E-state index contributed by atoms with van der Waals surface area (Å²) < 4.78 is 23.3. The van der Waals surface area contributed by atoms with Crippen LogP contribution in [0.2, 0.25) is 5.02 Å². The van der Waals surface area contributed by atoms with E-state index in [0.29, 0.717) is 23.7 Å². The lowest BCUT2D eigenvalue weighted by molar-refractivity contribution is -0.862. The smallest absolute Gasteiger partial charge is 0.279 e. The van der Waals surface area contributed by atoms with E-state index in [4.69, 9.17) is 11.6 Å². The van der Waals surface area contributed by atoms with E-state index in [1.807, 2.05) is 6.92 Å². The van der Waals surface area contributed by atoms with Crippen molar-refractivity contribution in [2.45, 2.75) is 19.4 Å². The number of carbonyl (C=O) groups is 2. The summed E-state index contributed by atoms with van der Waals surface area (Å²) in [5, 5.41) is 3.18. The zero-order chi connectivity index (χ0) is 19.3. The van der Waals surface area contributed by atoms with E-state index in [0.717, 1.165) is 4.90 Å². The molecule has 0 bridgehead atoms. The number of benzene rings is 1. The average molecular weight is 403 g/mol. The Morgan fingerprint density at radius 2 is 2.00 bits per heavy atom. The number of sulfone groups is 1. The predicted octanol–water partition coefficient (Wildman–Crippen LogP) is -0.171. The molecule has 1 fully saturated rings. The van der Waals surface area contributed by atoms with Crippen LogP contribution >= 0.6 is 11.6 Å². The van der Waals surface area contributed by atoms with Gasteiger partial charge in [0.25, 0.3) is 11.8 Å². The van der Waals surface area contributed by atoms with E-state index >= 15 is 0 Å². The van der Waals surface area contributed by atoms with Gasteiger partial charge in [0.15, 0.2) is 22.9 Å².